The van der Waals surface area contributed by atoms with Gasteiger partial charge < -0.3 is 9.64 Å². The van der Waals surface area contributed by atoms with Crippen LogP contribution in [0.25, 0.3) is 17.1 Å². The lowest BCUT2D eigenvalue weighted by atomic mass is 10.1. The van der Waals surface area contributed by atoms with E-state index in [4.69, 9.17) is 9.37 Å². The van der Waals surface area contributed by atoms with Crippen molar-refractivity contribution in [3.05, 3.63) is 41.7 Å². The number of rotatable bonds is 8. The maximum atomic E-state index is 12.4. The van der Waals surface area contributed by atoms with E-state index in [0.717, 1.165) is 18.7 Å². The zero-order valence-corrected chi connectivity index (χ0v) is 15.7. The molecule has 0 aliphatic carbocycles. The van der Waals surface area contributed by atoms with E-state index >= 15 is 0 Å². The third-order valence-electron chi connectivity index (χ3n) is 4.37. The topological polar surface area (TPSA) is 100 Å². The maximum Gasteiger partial charge on any atom is 0.361 e. The van der Waals surface area contributed by atoms with Gasteiger partial charge in [0.05, 0.1) is 19.7 Å². The van der Waals surface area contributed by atoms with Gasteiger partial charge in [0.15, 0.2) is 11.4 Å². The van der Waals surface area contributed by atoms with Crippen molar-refractivity contribution in [2.45, 2.75) is 27.3 Å². The Morgan fingerprint density at radius 2 is 1.89 bits per heavy atom. The summed E-state index contributed by atoms with van der Waals surface area (Å²) in [7, 11) is 0. The van der Waals surface area contributed by atoms with Crippen molar-refractivity contribution in [2.24, 2.45) is 0 Å². The van der Waals surface area contributed by atoms with Crippen molar-refractivity contribution in [1.82, 2.24) is 25.3 Å². The van der Waals surface area contributed by atoms with Crippen LogP contribution < -0.4 is 4.90 Å². The molecule has 2 heterocycles. The molecule has 9 heteroatoms. The molecule has 0 saturated carbocycles. The average molecular weight is 371 g/mol. The molecule has 0 aliphatic heterocycles. The van der Waals surface area contributed by atoms with Crippen molar-refractivity contribution in [3.8, 4) is 17.1 Å². The SMILES string of the molecule is CCOC(=O)c1nnn(-c2nonc2-c2ccccc2)c1C[NH+](CC)CC. The van der Waals surface area contributed by atoms with E-state index in [2.05, 4.69) is 34.5 Å². The molecule has 0 radical (unpaired) electrons. The molecule has 2 aromatic heterocycles. The van der Waals surface area contributed by atoms with Gasteiger partial charge >= 0.3 is 5.97 Å². The van der Waals surface area contributed by atoms with Crippen LogP contribution in [0.5, 0.6) is 0 Å². The highest BCUT2D eigenvalue weighted by molar-refractivity contribution is 5.88. The maximum absolute atomic E-state index is 12.4. The molecule has 0 unspecified atom stereocenters. The Balaban J connectivity index is 2.08. The fourth-order valence-corrected chi connectivity index (χ4v) is 2.83. The van der Waals surface area contributed by atoms with Gasteiger partial charge in [0, 0.05) is 5.56 Å². The number of nitrogens with one attached hydrogen (secondary N) is 1. The first kappa shape index (κ1) is 18.7. The van der Waals surface area contributed by atoms with E-state index in [-0.39, 0.29) is 12.3 Å². The zero-order valence-electron chi connectivity index (χ0n) is 15.7. The number of nitrogens with zero attached hydrogens (tertiary/aromatic N) is 5. The van der Waals surface area contributed by atoms with Crippen LogP contribution in [0.3, 0.4) is 0 Å². The molecule has 0 amide bonds. The predicted molar refractivity (Wildman–Crippen MR) is 96.4 cm³/mol. The Labute approximate surface area is 156 Å². The fourth-order valence-electron chi connectivity index (χ4n) is 2.83. The van der Waals surface area contributed by atoms with Gasteiger partial charge in [0.2, 0.25) is 5.82 Å². The Morgan fingerprint density at radius 3 is 2.56 bits per heavy atom. The van der Waals surface area contributed by atoms with Gasteiger partial charge in [-0.2, -0.15) is 4.68 Å². The van der Waals surface area contributed by atoms with Crippen molar-refractivity contribution < 1.29 is 19.1 Å². The van der Waals surface area contributed by atoms with Crippen LogP contribution in [-0.4, -0.2) is 51.0 Å². The number of ether oxygens (including phenoxy) is 1. The van der Waals surface area contributed by atoms with Crippen LogP contribution >= 0.6 is 0 Å². The van der Waals surface area contributed by atoms with Crippen molar-refractivity contribution in [3.63, 3.8) is 0 Å². The third kappa shape index (κ3) is 3.87. The molecule has 1 aromatic carbocycles. The summed E-state index contributed by atoms with van der Waals surface area (Å²) in [5.41, 5.74) is 2.19. The highest BCUT2D eigenvalue weighted by Gasteiger charge is 2.28. The monoisotopic (exact) mass is 371 g/mol. The van der Waals surface area contributed by atoms with Gasteiger partial charge in [0.1, 0.15) is 12.2 Å². The minimum atomic E-state index is -0.497. The predicted octanol–water partition coefficient (Wildman–Crippen LogP) is 0.919. The van der Waals surface area contributed by atoms with E-state index < -0.39 is 5.97 Å². The van der Waals surface area contributed by atoms with Gasteiger partial charge in [-0.3, -0.25) is 0 Å². The highest BCUT2D eigenvalue weighted by Crippen LogP contribution is 2.24. The molecule has 0 bridgehead atoms. The number of carbonyl (C=O) groups excluding carboxylic acids is 1. The van der Waals surface area contributed by atoms with Crippen LogP contribution in [-0.2, 0) is 11.3 Å². The van der Waals surface area contributed by atoms with E-state index in [1.54, 1.807) is 6.92 Å². The zero-order chi connectivity index (χ0) is 19.2. The molecule has 1 N–H and O–H groups in total. The molecule has 3 aromatic rings. The number of benzene rings is 1. The number of esters is 1. The second kappa shape index (κ2) is 8.54. The Morgan fingerprint density at radius 1 is 1.15 bits per heavy atom. The lowest BCUT2D eigenvalue weighted by Gasteiger charge is -2.16. The summed E-state index contributed by atoms with van der Waals surface area (Å²) in [6, 6.07) is 9.53. The molecule has 27 heavy (non-hydrogen) atoms. The Bertz CT molecular complexity index is 886. The normalized spacial score (nSPS) is 11.1. The summed E-state index contributed by atoms with van der Waals surface area (Å²) in [4.78, 5) is 13.6. The third-order valence-corrected chi connectivity index (χ3v) is 4.37. The molecular formula is C18H23N6O3+. The van der Waals surface area contributed by atoms with E-state index in [1.165, 1.54) is 9.58 Å². The molecule has 0 fully saturated rings. The van der Waals surface area contributed by atoms with Crippen LogP contribution in [0.2, 0.25) is 0 Å². The Hall–Kier alpha value is -3.07. The minimum Gasteiger partial charge on any atom is -0.461 e. The fraction of sp³-hybridized carbons (Fsp3) is 0.389. The van der Waals surface area contributed by atoms with E-state index in [0.29, 0.717) is 23.8 Å². The first-order valence-corrected chi connectivity index (χ1v) is 9.03. The van der Waals surface area contributed by atoms with Crippen molar-refractivity contribution in [1.29, 1.82) is 0 Å². The van der Waals surface area contributed by atoms with Gasteiger partial charge in [-0.05, 0) is 31.1 Å². The smallest absolute Gasteiger partial charge is 0.361 e. The summed E-state index contributed by atoms with van der Waals surface area (Å²) in [5, 5.41) is 16.3. The van der Waals surface area contributed by atoms with Crippen molar-refractivity contribution >= 4 is 5.97 Å². The summed E-state index contributed by atoms with van der Waals surface area (Å²) in [6.07, 6.45) is 0. The Kier molecular flexibility index (Phi) is 5.92. The summed E-state index contributed by atoms with van der Waals surface area (Å²) in [6.45, 7) is 8.54. The summed E-state index contributed by atoms with van der Waals surface area (Å²) in [5.74, 6) is -0.103. The lowest BCUT2D eigenvalue weighted by molar-refractivity contribution is -0.910. The average Bonchev–Trinajstić information content (AvgIpc) is 3.33. The largest absolute Gasteiger partial charge is 0.461 e. The van der Waals surface area contributed by atoms with E-state index in [1.807, 2.05) is 30.3 Å². The molecule has 3 rings (SSSR count). The number of hydrogen-bond acceptors (Lipinski definition) is 7. The van der Waals surface area contributed by atoms with Gasteiger partial charge in [-0.15, -0.1) is 5.10 Å². The molecule has 0 atom stereocenters. The molecule has 142 valence electrons. The van der Waals surface area contributed by atoms with Crippen molar-refractivity contribution in [2.75, 3.05) is 19.7 Å². The highest BCUT2D eigenvalue weighted by atomic mass is 16.6. The number of hydrogen-bond donors (Lipinski definition) is 1. The first-order chi connectivity index (χ1) is 13.2. The van der Waals surface area contributed by atoms with Crippen LogP contribution in [0, 0.1) is 0 Å². The van der Waals surface area contributed by atoms with Gasteiger partial charge in [-0.25, -0.2) is 9.42 Å². The number of aromatic nitrogens is 5. The quantitative estimate of drug-likeness (QED) is 0.588. The van der Waals surface area contributed by atoms with Gasteiger partial charge in [0.25, 0.3) is 0 Å². The van der Waals surface area contributed by atoms with Crippen LogP contribution in [0.1, 0.15) is 37.0 Å². The lowest BCUT2D eigenvalue weighted by Crippen LogP contribution is -3.10. The second-order valence-electron chi connectivity index (χ2n) is 5.95. The number of carbonyl (C=O) groups is 1. The number of quaternary nitrogens is 1. The van der Waals surface area contributed by atoms with Crippen LogP contribution in [0.15, 0.2) is 35.0 Å². The van der Waals surface area contributed by atoms with E-state index in [9.17, 15) is 4.79 Å². The standard InChI is InChI=1S/C18H22N6O3/c1-4-23(5-2)12-14-16(18(25)26-6-3)19-22-24(14)17-15(20-27-21-17)13-10-8-7-9-11-13/h7-11H,4-6,12H2,1-3H3/p+1. The minimum absolute atomic E-state index is 0.193. The second-order valence-corrected chi connectivity index (χ2v) is 5.95. The molecule has 0 saturated heterocycles. The molecule has 9 nitrogen and oxygen atoms in total. The molecule has 0 aliphatic rings. The molecular weight excluding hydrogens is 348 g/mol. The summed E-state index contributed by atoms with van der Waals surface area (Å²) < 4.78 is 11.6. The van der Waals surface area contributed by atoms with Gasteiger partial charge in [-0.1, -0.05) is 35.5 Å². The summed E-state index contributed by atoms with van der Waals surface area (Å²) >= 11 is 0. The molecule has 0 spiro atoms. The van der Waals surface area contributed by atoms with Crippen LogP contribution in [0.4, 0.5) is 0 Å². The first-order valence-electron chi connectivity index (χ1n) is 9.03.